The fraction of sp³-hybridized carbons (Fsp3) is 0.125. The quantitative estimate of drug-likeness (QED) is 0.623. The number of nitrogens with one attached hydrogen (secondary N) is 1. The minimum absolute atomic E-state index is 0.131. The third-order valence-electron chi connectivity index (χ3n) is 3.22. The molecular weight excluding hydrogens is 444 g/mol. The summed E-state index contributed by atoms with van der Waals surface area (Å²) in [5, 5.41) is 7.43. The molecular formula is C16H13BrN2O3S3. The molecule has 3 aromatic rings. The van der Waals surface area contributed by atoms with Gasteiger partial charge < -0.3 is 5.32 Å². The van der Waals surface area contributed by atoms with Crippen LogP contribution in [-0.2, 0) is 21.1 Å². The van der Waals surface area contributed by atoms with Crippen LogP contribution < -0.4 is 5.32 Å². The van der Waals surface area contributed by atoms with Gasteiger partial charge in [-0.05, 0) is 40.2 Å². The molecule has 0 bridgehead atoms. The number of nitrogens with zero attached hydrogens (tertiary/aromatic N) is 1. The van der Waals surface area contributed by atoms with Crippen molar-refractivity contribution < 1.29 is 13.2 Å². The molecule has 0 fully saturated rings. The minimum Gasteiger partial charge on any atom is -0.326 e. The van der Waals surface area contributed by atoms with Crippen molar-refractivity contribution in [1.82, 2.24) is 4.98 Å². The zero-order valence-corrected chi connectivity index (χ0v) is 17.1. The second-order valence-electron chi connectivity index (χ2n) is 5.30. The zero-order valence-electron chi connectivity index (χ0n) is 13.0. The molecule has 0 unspecified atom stereocenters. The number of sulfone groups is 1. The lowest BCUT2D eigenvalue weighted by atomic mass is 10.3. The summed E-state index contributed by atoms with van der Waals surface area (Å²) >= 11 is 6.49. The number of carbonyl (C=O) groups is 1. The topological polar surface area (TPSA) is 76.1 Å². The summed E-state index contributed by atoms with van der Waals surface area (Å²) in [5.74, 6) is -0.241. The lowest BCUT2D eigenvalue weighted by molar-refractivity contribution is -0.115. The molecule has 9 heteroatoms. The predicted molar refractivity (Wildman–Crippen MR) is 105 cm³/mol. The Morgan fingerprint density at radius 3 is 2.72 bits per heavy atom. The molecule has 0 saturated carbocycles. The van der Waals surface area contributed by atoms with Gasteiger partial charge in [0.05, 0.1) is 21.9 Å². The van der Waals surface area contributed by atoms with Gasteiger partial charge in [-0.25, -0.2) is 13.4 Å². The van der Waals surface area contributed by atoms with Crippen molar-refractivity contribution in [1.29, 1.82) is 0 Å². The molecule has 0 aliphatic heterocycles. The van der Waals surface area contributed by atoms with Gasteiger partial charge in [0.15, 0.2) is 9.84 Å². The van der Waals surface area contributed by atoms with Crippen LogP contribution in [0.2, 0.25) is 0 Å². The van der Waals surface area contributed by atoms with Crippen LogP contribution in [0.3, 0.4) is 0 Å². The van der Waals surface area contributed by atoms with Gasteiger partial charge in [0.1, 0.15) is 5.01 Å². The van der Waals surface area contributed by atoms with Crippen molar-refractivity contribution in [2.45, 2.75) is 11.3 Å². The molecule has 1 aromatic carbocycles. The summed E-state index contributed by atoms with van der Waals surface area (Å²) in [7, 11) is -3.31. The number of hydrogen-bond donors (Lipinski definition) is 1. The predicted octanol–water partition coefficient (Wildman–Crippen LogP) is 4.22. The number of hydrogen-bond acceptors (Lipinski definition) is 6. The highest BCUT2D eigenvalue weighted by atomic mass is 79.9. The number of anilines is 1. The summed E-state index contributed by atoms with van der Waals surface area (Å²) in [6, 6.07) is 8.19. The van der Waals surface area contributed by atoms with E-state index in [9.17, 15) is 13.2 Å². The van der Waals surface area contributed by atoms with Crippen molar-refractivity contribution >= 4 is 60.0 Å². The molecule has 0 radical (unpaired) electrons. The van der Waals surface area contributed by atoms with Gasteiger partial charge in [-0.2, -0.15) is 0 Å². The Balaban J connectivity index is 1.68. The van der Waals surface area contributed by atoms with E-state index in [1.807, 2.05) is 16.8 Å². The molecule has 0 spiro atoms. The molecule has 3 rings (SSSR count). The van der Waals surface area contributed by atoms with E-state index in [2.05, 4.69) is 26.2 Å². The summed E-state index contributed by atoms with van der Waals surface area (Å²) in [6.07, 6.45) is 1.26. The summed E-state index contributed by atoms with van der Waals surface area (Å²) in [4.78, 5) is 17.9. The summed E-state index contributed by atoms with van der Waals surface area (Å²) in [5.41, 5.74) is 1.13. The maximum absolute atomic E-state index is 12.2. The second kappa shape index (κ2) is 7.36. The Kier molecular flexibility index (Phi) is 5.38. The van der Waals surface area contributed by atoms with Crippen LogP contribution in [0.4, 0.5) is 5.69 Å². The fourth-order valence-corrected chi connectivity index (χ4v) is 5.09. The molecule has 25 heavy (non-hydrogen) atoms. The molecule has 0 aliphatic rings. The van der Waals surface area contributed by atoms with Gasteiger partial charge in [-0.3, -0.25) is 4.79 Å². The highest BCUT2D eigenvalue weighted by Gasteiger charge is 2.12. The first-order chi connectivity index (χ1) is 11.8. The van der Waals surface area contributed by atoms with Crippen molar-refractivity contribution in [3.63, 3.8) is 0 Å². The Labute approximate surface area is 161 Å². The van der Waals surface area contributed by atoms with Gasteiger partial charge in [-0.1, -0.05) is 6.07 Å². The number of rotatable bonds is 5. The van der Waals surface area contributed by atoms with Gasteiger partial charge in [0, 0.05) is 27.2 Å². The number of carbonyl (C=O) groups excluding carboxylic acids is 1. The van der Waals surface area contributed by atoms with Crippen LogP contribution >= 0.6 is 38.6 Å². The highest BCUT2D eigenvalue weighted by molar-refractivity contribution is 9.10. The maximum atomic E-state index is 12.2. The van der Waals surface area contributed by atoms with Gasteiger partial charge in [0.25, 0.3) is 0 Å². The van der Waals surface area contributed by atoms with Gasteiger partial charge in [0.2, 0.25) is 5.91 Å². The van der Waals surface area contributed by atoms with Gasteiger partial charge >= 0.3 is 0 Å². The number of aromatic nitrogens is 1. The molecule has 2 heterocycles. The molecule has 1 amide bonds. The van der Waals surface area contributed by atoms with Crippen molar-refractivity contribution in [3.8, 4) is 9.88 Å². The maximum Gasteiger partial charge on any atom is 0.230 e. The molecule has 130 valence electrons. The number of benzene rings is 1. The third kappa shape index (κ3) is 4.75. The Bertz CT molecular complexity index is 1020. The van der Waals surface area contributed by atoms with E-state index >= 15 is 0 Å². The van der Waals surface area contributed by atoms with E-state index in [0.717, 1.165) is 20.6 Å². The standard InChI is InChI=1S/C16H13BrN2O3S3/c1-25(21,22)13-4-2-3-11(6-13)18-15(20)7-12-9-24-16(19-12)14-5-10(17)8-23-14/h2-6,8-9H,7H2,1H3,(H,18,20). The van der Waals surface area contributed by atoms with E-state index in [4.69, 9.17) is 0 Å². The van der Waals surface area contributed by atoms with Crippen molar-refractivity contribution in [3.05, 3.63) is 51.3 Å². The summed E-state index contributed by atoms with van der Waals surface area (Å²) in [6.45, 7) is 0. The van der Waals surface area contributed by atoms with Crippen molar-refractivity contribution in [2.75, 3.05) is 11.6 Å². The van der Waals surface area contributed by atoms with Crippen LogP contribution in [0.15, 0.2) is 50.5 Å². The first kappa shape index (κ1) is 18.2. The molecule has 0 saturated heterocycles. The largest absolute Gasteiger partial charge is 0.326 e. The molecule has 1 N–H and O–H groups in total. The Morgan fingerprint density at radius 2 is 2.04 bits per heavy atom. The van der Waals surface area contributed by atoms with Crippen molar-refractivity contribution in [2.24, 2.45) is 0 Å². The Hall–Kier alpha value is -1.55. The lowest BCUT2D eigenvalue weighted by Crippen LogP contribution is -2.15. The van der Waals surface area contributed by atoms with E-state index in [0.29, 0.717) is 11.4 Å². The highest BCUT2D eigenvalue weighted by Crippen LogP contribution is 2.32. The van der Waals surface area contributed by atoms with Gasteiger partial charge in [-0.15, -0.1) is 22.7 Å². The SMILES string of the molecule is CS(=O)(=O)c1cccc(NC(=O)Cc2csc(-c3cc(Br)cs3)n2)c1. The van der Waals surface area contributed by atoms with Crippen LogP contribution in [0.1, 0.15) is 5.69 Å². The van der Waals surface area contributed by atoms with E-state index in [-0.39, 0.29) is 17.2 Å². The summed E-state index contributed by atoms with van der Waals surface area (Å²) < 4.78 is 24.2. The first-order valence-corrected chi connectivity index (χ1v) is 11.5. The third-order valence-corrected chi connectivity index (χ3v) is 7.08. The molecule has 0 atom stereocenters. The molecule has 2 aromatic heterocycles. The van der Waals surface area contributed by atoms with Crippen LogP contribution in [0.25, 0.3) is 9.88 Å². The number of thiazole rings is 1. The van der Waals surface area contributed by atoms with E-state index in [1.165, 1.54) is 23.5 Å². The number of amides is 1. The first-order valence-electron chi connectivity index (χ1n) is 7.10. The van der Waals surface area contributed by atoms with Crippen LogP contribution in [-0.4, -0.2) is 25.6 Å². The number of halogens is 1. The van der Waals surface area contributed by atoms with Crippen LogP contribution in [0, 0.1) is 0 Å². The monoisotopic (exact) mass is 456 g/mol. The fourth-order valence-electron chi connectivity index (χ4n) is 2.10. The normalized spacial score (nSPS) is 11.4. The second-order valence-corrected chi connectivity index (χ2v) is 10.00. The zero-order chi connectivity index (χ0) is 18.0. The minimum atomic E-state index is -3.31. The molecule has 5 nitrogen and oxygen atoms in total. The van der Waals surface area contributed by atoms with Crippen LogP contribution in [0.5, 0.6) is 0 Å². The average molecular weight is 457 g/mol. The average Bonchev–Trinajstić information content (AvgIpc) is 3.15. The Morgan fingerprint density at radius 1 is 1.24 bits per heavy atom. The van der Waals surface area contributed by atoms with E-state index in [1.54, 1.807) is 23.5 Å². The molecule has 0 aliphatic carbocycles. The number of thiophene rings is 1. The van der Waals surface area contributed by atoms with E-state index < -0.39 is 9.84 Å². The smallest absolute Gasteiger partial charge is 0.230 e. The lowest BCUT2D eigenvalue weighted by Gasteiger charge is -2.06.